The Kier molecular flexibility index (Phi) is 4.42. The average molecular weight is 314 g/mol. The molecule has 6 heteroatoms. The first-order chi connectivity index (χ1) is 9.66. The highest BCUT2D eigenvalue weighted by Gasteiger charge is 2.38. The normalized spacial score (nSPS) is 20.9. The lowest BCUT2D eigenvalue weighted by atomic mass is 9.80. The summed E-state index contributed by atoms with van der Waals surface area (Å²) >= 11 is 0. The monoisotopic (exact) mass is 314 g/mol. The third-order valence-electron chi connectivity index (χ3n) is 4.22. The fraction of sp³-hybridized carbons (Fsp3) is 0.600. The molecular weight excluding hydrogens is 291 g/mol. The number of benzene rings is 1. The number of nitrogens with two attached hydrogens (primary N) is 1. The fourth-order valence-corrected chi connectivity index (χ4v) is 4.28. The lowest BCUT2D eigenvalue weighted by Gasteiger charge is -2.27. The highest BCUT2D eigenvalue weighted by molar-refractivity contribution is 7.89. The van der Waals surface area contributed by atoms with Gasteiger partial charge in [0.05, 0.1) is 0 Å². The van der Waals surface area contributed by atoms with E-state index in [0.29, 0.717) is 18.7 Å². The molecule has 0 saturated carbocycles. The standard InChI is InChI=1S/C15H23FN2O2S/c1-15(2,3)12-6-7-18(10-12)21(19,20)14-8-11(9-17)4-5-13(14)16/h4-5,8,12H,6-7,9-10,17H2,1-3H3. The van der Waals surface area contributed by atoms with Crippen LogP contribution in [0, 0.1) is 17.2 Å². The van der Waals surface area contributed by atoms with Gasteiger partial charge in [-0.2, -0.15) is 4.31 Å². The first kappa shape index (κ1) is 16.4. The fourth-order valence-electron chi connectivity index (χ4n) is 2.66. The number of halogens is 1. The van der Waals surface area contributed by atoms with Crippen molar-refractivity contribution in [2.45, 2.75) is 38.6 Å². The summed E-state index contributed by atoms with van der Waals surface area (Å²) in [5.74, 6) is -0.431. The highest BCUT2D eigenvalue weighted by atomic mass is 32.2. The van der Waals surface area contributed by atoms with E-state index in [2.05, 4.69) is 20.8 Å². The van der Waals surface area contributed by atoms with Crippen molar-refractivity contribution >= 4 is 10.0 Å². The lowest BCUT2D eigenvalue weighted by Crippen LogP contribution is -2.31. The van der Waals surface area contributed by atoms with E-state index in [4.69, 9.17) is 5.73 Å². The van der Waals surface area contributed by atoms with Crippen LogP contribution in [0.4, 0.5) is 4.39 Å². The Labute approximate surface area is 126 Å². The number of nitrogens with zero attached hydrogens (tertiary/aromatic N) is 1. The van der Waals surface area contributed by atoms with Gasteiger partial charge in [0.25, 0.3) is 0 Å². The van der Waals surface area contributed by atoms with E-state index in [-0.39, 0.29) is 22.8 Å². The molecule has 2 rings (SSSR count). The Balaban J connectivity index is 2.32. The van der Waals surface area contributed by atoms with Gasteiger partial charge >= 0.3 is 0 Å². The van der Waals surface area contributed by atoms with Gasteiger partial charge in [0.1, 0.15) is 10.7 Å². The predicted octanol–water partition coefficient (Wildman–Crippen LogP) is 2.34. The molecular formula is C15H23FN2O2S. The second-order valence-electron chi connectivity index (χ2n) is 6.68. The third kappa shape index (κ3) is 3.27. The maximum atomic E-state index is 13.9. The summed E-state index contributed by atoms with van der Waals surface area (Å²) in [5.41, 5.74) is 6.17. The molecule has 0 spiro atoms. The lowest BCUT2D eigenvalue weighted by molar-refractivity contribution is 0.252. The molecule has 1 aliphatic rings. The van der Waals surface area contributed by atoms with Crippen LogP contribution in [0.25, 0.3) is 0 Å². The first-order valence-electron chi connectivity index (χ1n) is 7.15. The minimum Gasteiger partial charge on any atom is -0.326 e. The van der Waals surface area contributed by atoms with Crippen LogP contribution in [0.15, 0.2) is 23.1 Å². The number of sulfonamides is 1. The van der Waals surface area contributed by atoms with Gasteiger partial charge in [-0.1, -0.05) is 26.8 Å². The predicted molar refractivity (Wildman–Crippen MR) is 80.6 cm³/mol. The van der Waals surface area contributed by atoms with Crippen LogP contribution >= 0.6 is 0 Å². The van der Waals surface area contributed by atoms with Crippen molar-refractivity contribution in [3.63, 3.8) is 0 Å². The van der Waals surface area contributed by atoms with E-state index in [1.165, 1.54) is 22.5 Å². The summed E-state index contributed by atoms with van der Waals surface area (Å²) in [7, 11) is -3.79. The molecule has 1 saturated heterocycles. The molecule has 1 aromatic carbocycles. The molecule has 1 heterocycles. The van der Waals surface area contributed by atoms with Crippen LogP contribution in [-0.2, 0) is 16.6 Å². The Morgan fingerprint density at radius 2 is 2.05 bits per heavy atom. The maximum absolute atomic E-state index is 13.9. The minimum absolute atomic E-state index is 0.0436. The Morgan fingerprint density at radius 3 is 2.57 bits per heavy atom. The molecule has 21 heavy (non-hydrogen) atoms. The van der Waals surface area contributed by atoms with Crippen LogP contribution in [0.3, 0.4) is 0 Å². The largest absolute Gasteiger partial charge is 0.326 e. The second-order valence-corrected chi connectivity index (χ2v) is 8.59. The molecule has 1 aromatic rings. The van der Waals surface area contributed by atoms with Gasteiger partial charge in [0.15, 0.2) is 0 Å². The molecule has 0 aliphatic carbocycles. The maximum Gasteiger partial charge on any atom is 0.246 e. The molecule has 4 nitrogen and oxygen atoms in total. The van der Waals surface area contributed by atoms with Crippen LogP contribution in [0.5, 0.6) is 0 Å². The summed E-state index contributed by atoms with van der Waals surface area (Å²) < 4.78 is 40.6. The number of hydrogen-bond acceptors (Lipinski definition) is 3. The van der Waals surface area contributed by atoms with Crippen molar-refractivity contribution < 1.29 is 12.8 Å². The SMILES string of the molecule is CC(C)(C)C1CCN(S(=O)(=O)c2cc(CN)ccc2F)C1. The molecule has 2 N–H and O–H groups in total. The average Bonchev–Trinajstić information content (AvgIpc) is 2.89. The topological polar surface area (TPSA) is 63.4 Å². The molecule has 1 aliphatic heterocycles. The zero-order chi connectivity index (χ0) is 15.8. The van der Waals surface area contributed by atoms with Gasteiger partial charge in [-0.05, 0) is 35.4 Å². The van der Waals surface area contributed by atoms with Gasteiger partial charge in [-0.15, -0.1) is 0 Å². The van der Waals surface area contributed by atoms with Gasteiger partial charge in [-0.25, -0.2) is 12.8 Å². The Morgan fingerprint density at radius 1 is 1.38 bits per heavy atom. The zero-order valence-corrected chi connectivity index (χ0v) is 13.6. The molecule has 0 aromatic heterocycles. The Hall–Kier alpha value is -0.980. The second kappa shape index (κ2) is 5.66. The van der Waals surface area contributed by atoms with Gasteiger partial charge in [0.2, 0.25) is 10.0 Å². The van der Waals surface area contributed by atoms with Crippen molar-refractivity contribution in [3.05, 3.63) is 29.6 Å². The Bertz CT molecular complexity index is 623. The van der Waals surface area contributed by atoms with Crippen LogP contribution in [-0.4, -0.2) is 25.8 Å². The molecule has 1 fully saturated rings. The van der Waals surface area contributed by atoms with Crippen molar-refractivity contribution in [1.29, 1.82) is 0 Å². The van der Waals surface area contributed by atoms with Crippen LogP contribution in [0.1, 0.15) is 32.8 Å². The molecule has 0 amide bonds. The van der Waals surface area contributed by atoms with E-state index in [0.717, 1.165) is 6.42 Å². The molecule has 0 radical (unpaired) electrons. The number of rotatable bonds is 3. The van der Waals surface area contributed by atoms with Crippen molar-refractivity contribution in [2.24, 2.45) is 17.1 Å². The van der Waals surface area contributed by atoms with Gasteiger partial charge in [-0.3, -0.25) is 0 Å². The quantitative estimate of drug-likeness (QED) is 0.931. The molecule has 1 atom stereocenters. The summed E-state index contributed by atoms with van der Waals surface area (Å²) in [4.78, 5) is -0.264. The smallest absolute Gasteiger partial charge is 0.246 e. The van der Waals surface area contributed by atoms with Crippen molar-refractivity contribution in [3.8, 4) is 0 Å². The minimum atomic E-state index is -3.79. The summed E-state index contributed by atoms with van der Waals surface area (Å²) in [6, 6.07) is 4.03. The number of hydrogen-bond donors (Lipinski definition) is 1. The zero-order valence-electron chi connectivity index (χ0n) is 12.8. The van der Waals surface area contributed by atoms with E-state index >= 15 is 0 Å². The highest BCUT2D eigenvalue weighted by Crippen LogP contribution is 2.36. The molecule has 0 bridgehead atoms. The first-order valence-corrected chi connectivity index (χ1v) is 8.59. The van der Waals surface area contributed by atoms with E-state index in [9.17, 15) is 12.8 Å². The molecule has 118 valence electrons. The van der Waals surface area contributed by atoms with Crippen molar-refractivity contribution in [2.75, 3.05) is 13.1 Å². The van der Waals surface area contributed by atoms with Crippen LogP contribution in [0.2, 0.25) is 0 Å². The van der Waals surface area contributed by atoms with Gasteiger partial charge < -0.3 is 5.73 Å². The van der Waals surface area contributed by atoms with Crippen molar-refractivity contribution in [1.82, 2.24) is 4.31 Å². The van der Waals surface area contributed by atoms with E-state index in [1.54, 1.807) is 0 Å². The third-order valence-corrected chi connectivity index (χ3v) is 6.11. The van der Waals surface area contributed by atoms with Gasteiger partial charge in [0, 0.05) is 19.6 Å². The summed E-state index contributed by atoms with van der Waals surface area (Å²) in [5, 5.41) is 0. The van der Waals surface area contributed by atoms with Crippen LogP contribution < -0.4 is 5.73 Å². The summed E-state index contributed by atoms with van der Waals surface area (Å²) in [6.45, 7) is 7.37. The summed E-state index contributed by atoms with van der Waals surface area (Å²) in [6.07, 6.45) is 0.806. The van der Waals surface area contributed by atoms with E-state index in [1.807, 2.05) is 0 Å². The molecule has 1 unspecified atom stereocenters. The van der Waals surface area contributed by atoms with E-state index < -0.39 is 15.8 Å².